The van der Waals surface area contributed by atoms with E-state index in [9.17, 15) is 4.79 Å². The summed E-state index contributed by atoms with van der Waals surface area (Å²) in [4.78, 5) is 13.5. The average Bonchev–Trinajstić information content (AvgIpc) is 2.56. The second-order valence-electron chi connectivity index (χ2n) is 2.58. The van der Waals surface area contributed by atoms with Gasteiger partial charge in [0.2, 0.25) is 0 Å². The van der Waals surface area contributed by atoms with Gasteiger partial charge in [0.25, 0.3) is 0 Å². The van der Waals surface area contributed by atoms with E-state index >= 15 is 0 Å². The monoisotopic (exact) mass is 205 g/mol. The van der Waals surface area contributed by atoms with E-state index < -0.39 is 12.8 Å². The molecule has 0 saturated carbocycles. The predicted octanol–water partition coefficient (Wildman–Crippen LogP) is 2.11. The first-order valence-electron chi connectivity index (χ1n) is 5.86. The smallest absolute Gasteiger partial charge is 0.352 e. The molecular weight excluding hydrogens is 190 g/mol. The van der Waals surface area contributed by atoms with Crippen LogP contribution in [0, 0.1) is 13.8 Å². The van der Waals surface area contributed by atoms with Crippen LogP contribution in [0.15, 0.2) is 0 Å². The number of aryl methyl sites for hydroxylation is 1. The molecule has 1 aromatic heterocycles. The van der Waals surface area contributed by atoms with Crippen LogP contribution in [-0.2, 0) is 6.42 Å². The Labute approximate surface area is 87.3 Å². The lowest BCUT2D eigenvalue weighted by Gasteiger charge is -1.97. The van der Waals surface area contributed by atoms with Gasteiger partial charge < -0.3 is 10.1 Å². The van der Waals surface area contributed by atoms with Gasteiger partial charge in [-0.25, -0.2) is 4.79 Å². The number of rotatable bonds is 3. The molecule has 1 rings (SSSR count). The minimum Gasteiger partial charge on any atom is -0.477 e. The summed E-state index contributed by atoms with van der Waals surface area (Å²) in [6, 6.07) is 0. The fourth-order valence-corrected chi connectivity index (χ4v) is 1.31. The number of hydrogen-bond donors (Lipinski definition) is 2. The third kappa shape index (κ3) is 1.86. The summed E-state index contributed by atoms with van der Waals surface area (Å²) in [5.41, 5.74) is 0.0295. The Morgan fingerprint density at radius 2 is 2.54 bits per heavy atom. The third-order valence-corrected chi connectivity index (χ3v) is 1.94. The molecule has 3 nitrogen and oxygen atoms in total. The molecule has 72 valence electrons. The van der Waals surface area contributed by atoms with Crippen LogP contribution in [-0.4, -0.2) is 21.9 Å². The average molecular weight is 206 g/mol. The quantitative estimate of drug-likeness (QED) is 0.743. The maximum atomic E-state index is 11.0. The largest absolute Gasteiger partial charge is 0.477 e. The molecule has 0 fully saturated rings. The molecule has 0 saturated heterocycles. The first kappa shape index (κ1) is 5.70. The van der Waals surface area contributed by atoms with E-state index in [0.29, 0.717) is 11.3 Å². The summed E-state index contributed by atoms with van der Waals surface area (Å²) in [5.74, 6) is -1.17. The van der Waals surface area contributed by atoms with Gasteiger partial charge in [0.15, 0.2) is 0 Å². The van der Waals surface area contributed by atoms with Crippen molar-refractivity contribution >= 4 is 17.6 Å². The fraction of sp³-hybridized carbons (Fsp3) is 0.444. The van der Waals surface area contributed by atoms with E-state index in [4.69, 9.17) is 22.2 Å². The van der Waals surface area contributed by atoms with E-state index in [-0.39, 0.29) is 30.5 Å². The van der Waals surface area contributed by atoms with E-state index in [2.05, 4.69) is 4.98 Å². The van der Waals surface area contributed by atoms with Crippen molar-refractivity contribution in [3.8, 4) is 0 Å². The summed E-state index contributed by atoms with van der Waals surface area (Å²) in [6.45, 7) is -2.73. The number of H-pyrrole nitrogens is 1. The van der Waals surface area contributed by atoms with E-state index in [1.165, 1.54) is 0 Å². The van der Waals surface area contributed by atoms with Crippen molar-refractivity contribution in [1.29, 1.82) is 0 Å². The van der Waals surface area contributed by atoms with Crippen LogP contribution in [0.1, 0.15) is 32.8 Å². The first-order valence-corrected chi connectivity index (χ1v) is 4.19. The van der Waals surface area contributed by atoms with Gasteiger partial charge in [0, 0.05) is 17.1 Å². The van der Waals surface area contributed by atoms with Crippen LogP contribution in [0.2, 0.25) is 0 Å². The SMILES string of the molecule is [2H]Cc1[nH]c(C(=O)O)c(C([2H])([2H])[2H])c1CCCl. The number of aromatic amines is 1. The summed E-state index contributed by atoms with van der Waals surface area (Å²) in [7, 11) is 0. The molecule has 4 heteroatoms. The summed E-state index contributed by atoms with van der Waals surface area (Å²) < 4.78 is 29.3. The number of halogens is 1. The molecule has 0 amide bonds. The minimum atomic E-state index is -2.53. The normalized spacial score (nSPS) is 15.8. The Kier molecular flexibility index (Phi) is 1.68. The first-order chi connectivity index (χ1) is 7.82. The van der Waals surface area contributed by atoms with Crippen molar-refractivity contribution in [2.24, 2.45) is 0 Å². The minimum absolute atomic E-state index is 0.174. The van der Waals surface area contributed by atoms with Crippen LogP contribution in [0.25, 0.3) is 0 Å². The molecule has 0 aliphatic rings. The van der Waals surface area contributed by atoms with Gasteiger partial charge in [0.1, 0.15) is 5.69 Å². The standard InChI is InChI=1S/C9H12ClNO2/c1-5-7(3-4-10)6(2)11-8(5)9(12)13/h11H,3-4H2,1-2H3,(H,12,13)/i1D3,2D. The number of aromatic nitrogens is 1. The number of aromatic carboxylic acids is 1. The molecule has 2 N–H and O–H groups in total. The van der Waals surface area contributed by atoms with Gasteiger partial charge >= 0.3 is 5.97 Å². The Hall–Kier alpha value is -0.960. The molecule has 0 bridgehead atoms. The molecule has 0 aromatic carbocycles. The lowest BCUT2D eigenvalue weighted by molar-refractivity contribution is 0.0690. The van der Waals surface area contributed by atoms with Crippen molar-refractivity contribution in [2.75, 3.05) is 5.88 Å². The zero-order valence-electron chi connectivity index (χ0n) is 10.9. The van der Waals surface area contributed by atoms with Crippen LogP contribution < -0.4 is 0 Å². The van der Waals surface area contributed by atoms with Crippen LogP contribution in [0.4, 0.5) is 0 Å². The van der Waals surface area contributed by atoms with E-state index in [1.807, 2.05) is 0 Å². The third-order valence-electron chi connectivity index (χ3n) is 1.75. The highest BCUT2D eigenvalue weighted by Gasteiger charge is 2.15. The lowest BCUT2D eigenvalue weighted by Crippen LogP contribution is -1.99. The van der Waals surface area contributed by atoms with Gasteiger partial charge in [-0.05, 0) is 31.3 Å². The summed E-state index contributed by atoms with van der Waals surface area (Å²) >= 11 is 5.57. The maximum Gasteiger partial charge on any atom is 0.352 e. The topological polar surface area (TPSA) is 53.1 Å². The van der Waals surface area contributed by atoms with Gasteiger partial charge in [-0.1, -0.05) is 0 Å². The highest BCUT2D eigenvalue weighted by atomic mass is 35.5. The second-order valence-corrected chi connectivity index (χ2v) is 2.95. The van der Waals surface area contributed by atoms with Crippen molar-refractivity contribution in [3.63, 3.8) is 0 Å². The molecule has 0 unspecified atom stereocenters. The van der Waals surface area contributed by atoms with Crippen LogP contribution in [0.3, 0.4) is 0 Å². The van der Waals surface area contributed by atoms with Gasteiger partial charge in [-0.2, -0.15) is 0 Å². The predicted molar refractivity (Wildman–Crippen MR) is 51.7 cm³/mol. The molecule has 0 aliphatic carbocycles. The second kappa shape index (κ2) is 3.83. The van der Waals surface area contributed by atoms with Crippen molar-refractivity contribution in [1.82, 2.24) is 4.98 Å². The van der Waals surface area contributed by atoms with Crippen molar-refractivity contribution < 1.29 is 15.4 Å². The zero-order chi connectivity index (χ0) is 13.2. The molecule has 1 heterocycles. The van der Waals surface area contributed by atoms with Gasteiger partial charge in [-0.15, -0.1) is 11.6 Å². The number of carboxylic acids is 1. The van der Waals surface area contributed by atoms with Crippen molar-refractivity contribution in [3.05, 3.63) is 22.5 Å². The molecule has 13 heavy (non-hydrogen) atoms. The van der Waals surface area contributed by atoms with Crippen molar-refractivity contribution in [2.45, 2.75) is 20.2 Å². The van der Waals surface area contributed by atoms with Crippen LogP contribution >= 0.6 is 11.6 Å². The van der Waals surface area contributed by atoms with E-state index in [0.717, 1.165) is 0 Å². The highest BCUT2D eigenvalue weighted by molar-refractivity contribution is 6.18. The Morgan fingerprint density at radius 3 is 3.00 bits per heavy atom. The fourth-order valence-electron chi connectivity index (χ4n) is 1.12. The molecule has 0 spiro atoms. The van der Waals surface area contributed by atoms with E-state index in [1.54, 1.807) is 0 Å². The zero-order valence-corrected chi connectivity index (χ0v) is 7.61. The number of nitrogens with one attached hydrogen (secondary N) is 1. The highest BCUT2D eigenvalue weighted by Crippen LogP contribution is 2.18. The Bertz CT molecular complexity index is 427. The number of carbonyl (C=O) groups is 1. The molecule has 0 atom stereocenters. The summed E-state index contributed by atoms with van der Waals surface area (Å²) in [5, 5.41) is 8.96. The van der Waals surface area contributed by atoms with Gasteiger partial charge in [-0.3, -0.25) is 0 Å². The Balaban J connectivity index is 3.48. The molecule has 1 aromatic rings. The number of carboxylic acid groups (broad SMARTS) is 1. The number of hydrogen-bond acceptors (Lipinski definition) is 1. The Morgan fingerprint density at radius 1 is 1.77 bits per heavy atom. The van der Waals surface area contributed by atoms with Gasteiger partial charge in [0.05, 0.1) is 0 Å². The lowest BCUT2D eigenvalue weighted by atomic mass is 10.1. The maximum absolute atomic E-state index is 11.0. The van der Waals surface area contributed by atoms with Crippen LogP contribution in [0.5, 0.6) is 0 Å². The molecular formula is C9H12ClNO2. The molecule has 0 aliphatic heterocycles. The molecule has 0 radical (unpaired) electrons. The summed E-state index contributed by atoms with van der Waals surface area (Å²) in [6.07, 6.45) is 0.229. The number of alkyl halides is 1.